The van der Waals surface area contributed by atoms with Crippen molar-refractivity contribution in [1.29, 1.82) is 0 Å². The Hall–Kier alpha value is -3.60. The average Bonchev–Trinajstić information content (AvgIpc) is 3.35. The van der Waals surface area contributed by atoms with Crippen molar-refractivity contribution in [3.8, 4) is 0 Å². The van der Waals surface area contributed by atoms with Crippen molar-refractivity contribution in [3.05, 3.63) is 47.0 Å². The van der Waals surface area contributed by atoms with Gasteiger partial charge in [0.15, 0.2) is 0 Å². The molecule has 2 aliphatic rings. The molecular weight excluding hydrogens is 500 g/mol. The topological polar surface area (TPSA) is 132 Å². The van der Waals surface area contributed by atoms with Gasteiger partial charge in [-0.25, -0.2) is 15.0 Å². The van der Waals surface area contributed by atoms with E-state index in [1.54, 1.807) is 23.1 Å². The smallest absolute Gasteiger partial charge is 0.248 e. The minimum Gasteiger partial charge on any atom is -0.383 e. The lowest BCUT2D eigenvalue weighted by molar-refractivity contribution is -0.138. The molecule has 4 aromatic rings. The van der Waals surface area contributed by atoms with E-state index in [0.717, 1.165) is 17.6 Å². The van der Waals surface area contributed by atoms with Gasteiger partial charge in [0.2, 0.25) is 11.8 Å². The predicted molar refractivity (Wildman–Crippen MR) is 130 cm³/mol. The first-order chi connectivity index (χ1) is 16.4. The number of aryl methyl sites for hydroxylation is 1. The van der Waals surface area contributed by atoms with Crippen LogP contribution in [0, 0.1) is 12.8 Å². The van der Waals surface area contributed by atoms with Gasteiger partial charge >= 0.3 is 0 Å². The largest absolute Gasteiger partial charge is 0.383 e. The van der Waals surface area contributed by atoms with E-state index >= 15 is 0 Å². The molecule has 1 aliphatic heterocycles. The Morgan fingerprint density at radius 2 is 2.03 bits per heavy atom. The van der Waals surface area contributed by atoms with Crippen molar-refractivity contribution >= 4 is 61.4 Å². The number of halogens is 1. The fourth-order valence-corrected chi connectivity index (χ4v) is 5.34. The first kappa shape index (κ1) is 21.0. The van der Waals surface area contributed by atoms with Crippen molar-refractivity contribution in [2.45, 2.75) is 38.4 Å². The Morgan fingerprint density at radius 1 is 1.18 bits per heavy atom. The number of hydrogen-bond donors (Lipinski definition) is 2. The number of carbonyl (C=O) groups excluding carboxylic acids is 2. The number of nitrogen functional groups attached to an aromatic ring is 1. The second kappa shape index (κ2) is 7.73. The number of piperidine rings is 1. The van der Waals surface area contributed by atoms with Crippen LogP contribution in [0.5, 0.6) is 0 Å². The molecule has 1 saturated heterocycles. The molecule has 4 aromatic heterocycles. The monoisotopic (exact) mass is 520 g/mol. The number of nitrogens with one attached hydrogen (secondary N) is 1. The van der Waals surface area contributed by atoms with Crippen LogP contribution in [0.15, 0.2) is 41.3 Å². The summed E-state index contributed by atoms with van der Waals surface area (Å²) < 4.78 is 2.45. The predicted octanol–water partition coefficient (Wildman–Crippen LogP) is 2.66. The number of rotatable bonds is 4. The molecule has 5 heterocycles. The van der Waals surface area contributed by atoms with Crippen molar-refractivity contribution in [2.24, 2.45) is 5.92 Å². The number of nitrogens with two attached hydrogens (primary N) is 1. The van der Waals surface area contributed by atoms with Gasteiger partial charge in [-0.15, -0.1) is 0 Å². The fraction of sp³-hybridized carbons (Fsp3) is 0.304. The molecule has 34 heavy (non-hydrogen) atoms. The van der Waals surface area contributed by atoms with Crippen LogP contribution in [0.1, 0.15) is 18.5 Å². The highest BCUT2D eigenvalue weighted by Gasteiger charge is 2.56. The Labute approximate surface area is 202 Å². The Morgan fingerprint density at radius 3 is 2.85 bits per heavy atom. The summed E-state index contributed by atoms with van der Waals surface area (Å²) in [7, 11) is 0. The molecule has 6 rings (SSSR count). The van der Waals surface area contributed by atoms with E-state index in [0.29, 0.717) is 45.1 Å². The zero-order chi connectivity index (χ0) is 23.6. The molecule has 0 spiro atoms. The zero-order valence-electron chi connectivity index (χ0n) is 18.3. The molecular formula is C23H21BrN8O2. The van der Waals surface area contributed by atoms with Crippen LogP contribution in [0.3, 0.4) is 0 Å². The summed E-state index contributed by atoms with van der Waals surface area (Å²) >= 11 is 3.32. The molecule has 2 amide bonds. The molecule has 0 aromatic carbocycles. The van der Waals surface area contributed by atoms with E-state index in [4.69, 9.17) is 5.73 Å². The summed E-state index contributed by atoms with van der Waals surface area (Å²) in [6, 6.07) is 8.67. The van der Waals surface area contributed by atoms with Crippen LogP contribution in [-0.4, -0.2) is 53.3 Å². The van der Waals surface area contributed by atoms with Gasteiger partial charge in [-0.1, -0.05) is 6.07 Å². The van der Waals surface area contributed by atoms with Crippen LogP contribution in [0.4, 0.5) is 11.6 Å². The van der Waals surface area contributed by atoms with Gasteiger partial charge in [0.1, 0.15) is 46.3 Å². The summed E-state index contributed by atoms with van der Waals surface area (Å²) in [5.74, 6) is 0.765. The third-order valence-corrected chi connectivity index (χ3v) is 7.05. The number of amides is 2. The molecule has 172 valence electrons. The van der Waals surface area contributed by atoms with E-state index in [9.17, 15) is 9.59 Å². The summed E-state index contributed by atoms with van der Waals surface area (Å²) in [5.41, 5.74) is 8.96. The van der Waals surface area contributed by atoms with Crippen LogP contribution in [0.25, 0.3) is 22.1 Å². The number of fused-ring (bicyclic) bond motifs is 4. The molecule has 1 unspecified atom stereocenters. The maximum Gasteiger partial charge on any atom is 0.248 e. The molecule has 1 aliphatic carbocycles. The Kier molecular flexibility index (Phi) is 4.76. The molecule has 0 radical (unpaired) electrons. The minimum absolute atomic E-state index is 0.0311. The Balaban J connectivity index is 1.32. The van der Waals surface area contributed by atoms with Crippen LogP contribution >= 0.6 is 15.9 Å². The summed E-state index contributed by atoms with van der Waals surface area (Å²) in [6.45, 7) is 1.93. The number of carbonyl (C=O) groups is 2. The molecule has 1 saturated carbocycles. The maximum absolute atomic E-state index is 13.6. The molecule has 11 heteroatoms. The van der Waals surface area contributed by atoms with Crippen molar-refractivity contribution in [2.75, 3.05) is 11.1 Å². The molecule has 0 bridgehead atoms. The van der Waals surface area contributed by atoms with E-state index in [1.807, 2.05) is 23.6 Å². The lowest BCUT2D eigenvalue weighted by Gasteiger charge is -2.27. The third-order valence-electron chi connectivity index (χ3n) is 6.61. The lowest BCUT2D eigenvalue weighted by atomic mass is 10.1. The second-order valence-electron chi connectivity index (χ2n) is 8.81. The van der Waals surface area contributed by atoms with Crippen molar-refractivity contribution in [1.82, 2.24) is 29.4 Å². The zero-order valence-corrected chi connectivity index (χ0v) is 19.9. The van der Waals surface area contributed by atoms with Gasteiger partial charge < -0.3 is 20.5 Å². The average molecular weight is 521 g/mol. The normalized spacial score (nSPS) is 21.1. The van der Waals surface area contributed by atoms with E-state index in [-0.39, 0.29) is 24.4 Å². The third kappa shape index (κ3) is 3.38. The number of aromatic nitrogens is 5. The molecule has 2 fully saturated rings. The number of hydrogen-bond acceptors (Lipinski definition) is 7. The summed E-state index contributed by atoms with van der Waals surface area (Å²) in [6.07, 6.45) is 2.96. The number of anilines is 2. The number of pyridine rings is 2. The van der Waals surface area contributed by atoms with Gasteiger partial charge in [0, 0.05) is 11.7 Å². The first-order valence-electron chi connectivity index (χ1n) is 11.0. The SMILES string of the molecule is Cc1ccc2c(n1)c1c(N)ncnc1n2CC(=O)N1C2C[C@@H]2C[C@H]1C(=O)Nc1cccc(Br)n1. The maximum atomic E-state index is 13.6. The van der Waals surface area contributed by atoms with Gasteiger partial charge in [-0.05, 0) is 65.9 Å². The number of nitrogens with zero attached hydrogens (tertiary/aromatic N) is 6. The quantitative estimate of drug-likeness (QED) is 0.395. The van der Waals surface area contributed by atoms with Crippen LogP contribution < -0.4 is 11.1 Å². The molecule has 3 N–H and O–H groups in total. The minimum atomic E-state index is -0.537. The highest BCUT2D eigenvalue weighted by Crippen LogP contribution is 2.48. The van der Waals surface area contributed by atoms with Gasteiger partial charge in [0.25, 0.3) is 0 Å². The lowest BCUT2D eigenvalue weighted by Crippen LogP contribution is -2.46. The van der Waals surface area contributed by atoms with Gasteiger partial charge in [0.05, 0.1) is 10.9 Å². The summed E-state index contributed by atoms with van der Waals surface area (Å²) in [4.78, 5) is 45.9. The highest BCUT2D eigenvalue weighted by molar-refractivity contribution is 9.10. The molecule has 10 nitrogen and oxygen atoms in total. The molecule has 3 atom stereocenters. The second-order valence-corrected chi connectivity index (χ2v) is 9.63. The van der Waals surface area contributed by atoms with E-state index in [1.165, 1.54) is 6.33 Å². The fourth-order valence-electron chi connectivity index (χ4n) is 5.00. The highest BCUT2D eigenvalue weighted by atomic mass is 79.9. The van der Waals surface area contributed by atoms with Crippen molar-refractivity contribution in [3.63, 3.8) is 0 Å². The first-order valence-corrected chi connectivity index (χ1v) is 11.8. The van der Waals surface area contributed by atoms with Crippen LogP contribution in [0.2, 0.25) is 0 Å². The van der Waals surface area contributed by atoms with Crippen LogP contribution in [-0.2, 0) is 16.1 Å². The van der Waals surface area contributed by atoms with Gasteiger partial charge in [-0.3, -0.25) is 14.6 Å². The number of likely N-dealkylation sites (tertiary alicyclic amines) is 1. The van der Waals surface area contributed by atoms with Gasteiger partial charge in [-0.2, -0.15) is 0 Å². The summed E-state index contributed by atoms with van der Waals surface area (Å²) in [5, 5.41) is 3.49. The van der Waals surface area contributed by atoms with Crippen molar-refractivity contribution < 1.29 is 9.59 Å². The van der Waals surface area contributed by atoms with E-state index in [2.05, 4.69) is 41.2 Å². The van der Waals surface area contributed by atoms with E-state index < -0.39 is 6.04 Å². The Bertz CT molecular complexity index is 1480. The standard InChI is InChI=1S/C23H21BrN8O2/c1-11-5-6-13-20(28-11)19-21(25)26-10-27-22(19)31(13)9-18(33)32-14-7-12(14)8-15(32)23(34)30-17-4-2-3-16(24)29-17/h2-6,10,12,14-15H,7-9H2,1H3,(H2,25,26,27)(H,29,30,34)/t12-,14?,15+/m1/s1.